The van der Waals surface area contributed by atoms with Gasteiger partial charge in [0.25, 0.3) is 0 Å². The van der Waals surface area contributed by atoms with Crippen molar-refractivity contribution in [1.29, 1.82) is 5.26 Å². The zero-order valence-corrected chi connectivity index (χ0v) is 11.5. The van der Waals surface area contributed by atoms with Gasteiger partial charge in [-0.15, -0.1) is 15.0 Å². The van der Waals surface area contributed by atoms with Crippen LogP contribution in [0, 0.1) is 11.3 Å². The summed E-state index contributed by atoms with van der Waals surface area (Å²) in [5.41, 5.74) is 1.13. The van der Waals surface area contributed by atoms with Crippen LogP contribution >= 0.6 is 15.9 Å². The first-order valence-corrected chi connectivity index (χ1v) is 6.41. The van der Waals surface area contributed by atoms with Gasteiger partial charge in [0.2, 0.25) is 5.69 Å². The smallest absolute Gasteiger partial charge is 0.207 e. The van der Waals surface area contributed by atoms with Gasteiger partial charge in [-0.25, -0.2) is 0 Å². The van der Waals surface area contributed by atoms with Crippen LogP contribution in [0.15, 0.2) is 28.7 Å². The molecule has 0 spiro atoms. The van der Waals surface area contributed by atoms with Crippen molar-refractivity contribution in [2.45, 2.75) is 13.3 Å². The Morgan fingerprint density at radius 2 is 2.06 bits per heavy atom. The predicted molar refractivity (Wildman–Crippen MR) is 72.6 cm³/mol. The number of rotatable bonds is 4. The summed E-state index contributed by atoms with van der Waals surface area (Å²) in [6, 6.07) is 9.62. The van der Waals surface area contributed by atoms with E-state index in [1.54, 1.807) is 0 Å². The molecule has 1 heterocycles. The van der Waals surface area contributed by atoms with E-state index in [1.807, 2.05) is 30.3 Å². The molecule has 6 heteroatoms. The zero-order chi connectivity index (χ0) is 13.0. The normalized spacial score (nSPS) is 10.1. The summed E-state index contributed by atoms with van der Waals surface area (Å²) < 4.78 is 0.989. The van der Waals surface area contributed by atoms with Gasteiger partial charge < -0.3 is 5.32 Å². The van der Waals surface area contributed by atoms with Gasteiger partial charge in [-0.05, 0) is 30.7 Å². The molecule has 0 fully saturated rings. The molecule has 0 unspecified atom stereocenters. The molecule has 5 nitrogen and oxygen atoms in total. The molecule has 2 rings (SSSR count). The minimum Gasteiger partial charge on any atom is -0.366 e. The molecule has 1 aromatic carbocycles. The second-order valence-corrected chi connectivity index (χ2v) is 4.62. The molecule has 0 aliphatic rings. The Bertz CT molecular complexity index is 567. The fourth-order valence-electron chi connectivity index (χ4n) is 1.43. The number of nitrogens with one attached hydrogen (secondary N) is 1. The van der Waals surface area contributed by atoms with Gasteiger partial charge in [0.05, 0.1) is 5.69 Å². The summed E-state index contributed by atoms with van der Waals surface area (Å²) in [4.78, 5) is 1.46. The molecule has 0 aliphatic heterocycles. The van der Waals surface area contributed by atoms with Crippen LogP contribution in [0.3, 0.4) is 0 Å². The highest BCUT2D eigenvalue weighted by molar-refractivity contribution is 9.10. The van der Waals surface area contributed by atoms with Crippen molar-refractivity contribution in [2.24, 2.45) is 0 Å². The summed E-state index contributed by atoms with van der Waals surface area (Å²) in [5.74, 6) is 0.530. The monoisotopic (exact) mass is 305 g/mol. The number of hydrogen-bond donors (Lipinski definition) is 1. The maximum atomic E-state index is 9.01. The molecule has 92 valence electrons. The SMILES string of the molecule is CCCNc1nn(-c2ccc(Br)cc2)nc1C#N. The Kier molecular flexibility index (Phi) is 3.95. The first-order chi connectivity index (χ1) is 8.74. The highest BCUT2D eigenvalue weighted by atomic mass is 79.9. The lowest BCUT2D eigenvalue weighted by atomic mass is 10.3. The van der Waals surface area contributed by atoms with Gasteiger partial charge in [0.1, 0.15) is 6.07 Å². The van der Waals surface area contributed by atoms with Gasteiger partial charge in [-0.1, -0.05) is 22.9 Å². The number of hydrogen-bond acceptors (Lipinski definition) is 4. The van der Waals surface area contributed by atoms with E-state index < -0.39 is 0 Å². The van der Waals surface area contributed by atoms with Gasteiger partial charge in [0.15, 0.2) is 5.82 Å². The van der Waals surface area contributed by atoms with Crippen molar-refractivity contribution in [1.82, 2.24) is 15.0 Å². The van der Waals surface area contributed by atoms with Crippen molar-refractivity contribution >= 4 is 21.7 Å². The topological polar surface area (TPSA) is 66.5 Å². The summed E-state index contributed by atoms with van der Waals surface area (Å²) in [5, 5.41) is 20.5. The summed E-state index contributed by atoms with van der Waals surface area (Å²) >= 11 is 3.37. The molecule has 0 amide bonds. The van der Waals surface area contributed by atoms with Crippen LogP contribution in [0.25, 0.3) is 5.69 Å². The second-order valence-electron chi connectivity index (χ2n) is 3.70. The third-order valence-electron chi connectivity index (χ3n) is 2.32. The predicted octanol–water partition coefficient (Wildman–Crippen LogP) is 2.72. The largest absolute Gasteiger partial charge is 0.366 e. The van der Waals surface area contributed by atoms with E-state index in [-0.39, 0.29) is 0 Å². The van der Waals surface area contributed by atoms with Gasteiger partial charge >= 0.3 is 0 Å². The maximum Gasteiger partial charge on any atom is 0.207 e. The standard InChI is InChI=1S/C12H12BrN5/c1-2-7-15-12-11(8-14)16-18(17-12)10-5-3-9(13)4-6-10/h3-6H,2,7H2,1H3,(H,15,17). The highest BCUT2D eigenvalue weighted by Gasteiger charge is 2.10. The van der Waals surface area contributed by atoms with Crippen molar-refractivity contribution in [3.05, 3.63) is 34.4 Å². The maximum absolute atomic E-state index is 9.01. The van der Waals surface area contributed by atoms with E-state index in [4.69, 9.17) is 5.26 Å². The van der Waals surface area contributed by atoms with E-state index in [0.717, 1.165) is 23.1 Å². The fraction of sp³-hybridized carbons (Fsp3) is 0.250. The van der Waals surface area contributed by atoms with E-state index in [0.29, 0.717) is 11.5 Å². The van der Waals surface area contributed by atoms with Crippen LogP contribution in [0.5, 0.6) is 0 Å². The molecule has 0 saturated carbocycles. The number of aromatic nitrogens is 3. The highest BCUT2D eigenvalue weighted by Crippen LogP contribution is 2.15. The van der Waals surface area contributed by atoms with Gasteiger partial charge in [-0.2, -0.15) is 5.26 Å². The summed E-state index contributed by atoms with van der Waals surface area (Å²) in [7, 11) is 0. The second kappa shape index (κ2) is 5.65. The molecule has 0 atom stereocenters. The molecule has 1 N–H and O–H groups in total. The number of nitriles is 1. The zero-order valence-electron chi connectivity index (χ0n) is 9.89. The number of nitrogens with zero attached hydrogens (tertiary/aromatic N) is 4. The molecular weight excluding hydrogens is 294 g/mol. The Morgan fingerprint density at radius 1 is 1.33 bits per heavy atom. The fourth-order valence-corrected chi connectivity index (χ4v) is 1.70. The van der Waals surface area contributed by atoms with Crippen molar-refractivity contribution in [2.75, 3.05) is 11.9 Å². The lowest BCUT2D eigenvalue weighted by Crippen LogP contribution is -2.02. The molecule has 0 saturated heterocycles. The first kappa shape index (κ1) is 12.6. The van der Waals surface area contributed by atoms with Crippen LogP contribution in [0.1, 0.15) is 19.0 Å². The third-order valence-corrected chi connectivity index (χ3v) is 2.85. The Labute approximate surface area is 114 Å². The average molecular weight is 306 g/mol. The molecule has 18 heavy (non-hydrogen) atoms. The minimum atomic E-state index is 0.311. The van der Waals surface area contributed by atoms with Crippen LogP contribution in [-0.4, -0.2) is 21.5 Å². The van der Waals surface area contributed by atoms with Crippen LogP contribution in [0.2, 0.25) is 0 Å². The first-order valence-electron chi connectivity index (χ1n) is 5.62. The van der Waals surface area contributed by atoms with Crippen molar-refractivity contribution in [3.8, 4) is 11.8 Å². The van der Waals surface area contributed by atoms with E-state index in [2.05, 4.69) is 38.4 Å². The third kappa shape index (κ3) is 2.68. The van der Waals surface area contributed by atoms with E-state index >= 15 is 0 Å². The average Bonchev–Trinajstić information content (AvgIpc) is 2.80. The molecule has 1 aromatic heterocycles. The van der Waals surface area contributed by atoms with Crippen molar-refractivity contribution in [3.63, 3.8) is 0 Å². The minimum absolute atomic E-state index is 0.311. The lowest BCUT2D eigenvalue weighted by molar-refractivity contribution is 0.749. The Hall–Kier alpha value is -1.87. The molecule has 0 aliphatic carbocycles. The van der Waals surface area contributed by atoms with Gasteiger partial charge in [-0.3, -0.25) is 0 Å². The summed E-state index contributed by atoms with van der Waals surface area (Å²) in [6.45, 7) is 2.83. The van der Waals surface area contributed by atoms with E-state index in [9.17, 15) is 0 Å². The lowest BCUT2D eigenvalue weighted by Gasteiger charge is -1.99. The molecule has 0 radical (unpaired) electrons. The van der Waals surface area contributed by atoms with Crippen LogP contribution in [-0.2, 0) is 0 Å². The molecule has 2 aromatic rings. The van der Waals surface area contributed by atoms with Crippen LogP contribution < -0.4 is 5.32 Å². The number of anilines is 1. The Balaban J connectivity index is 2.32. The van der Waals surface area contributed by atoms with E-state index in [1.165, 1.54) is 4.80 Å². The summed E-state index contributed by atoms with van der Waals surface area (Å²) in [6.07, 6.45) is 0.968. The number of halogens is 1. The van der Waals surface area contributed by atoms with Crippen LogP contribution in [0.4, 0.5) is 5.82 Å². The quantitative estimate of drug-likeness (QED) is 0.943. The number of benzene rings is 1. The Morgan fingerprint density at radius 3 is 2.67 bits per heavy atom. The molecule has 0 bridgehead atoms. The van der Waals surface area contributed by atoms with Gasteiger partial charge in [0, 0.05) is 11.0 Å². The molecular formula is C12H12BrN5. The van der Waals surface area contributed by atoms with Crippen molar-refractivity contribution < 1.29 is 0 Å².